The summed E-state index contributed by atoms with van der Waals surface area (Å²) in [5.74, 6) is -2.41. The third-order valence-corrected chi connectivity index (χ3v) is 5.40. The lowest BCUT2D eigenvalue weighted by Crippen LogP contribution is -2.38. The third kappa shape index (κ3) is 4.17. The van der Waals surface area contributed by atoms with Crippen LogP contribution in [0.15, 0.2) is 79.0 Å². The number of aromatic nitrogens is 2. The zero-order valence-electron chi connectivity index (χ0n) is 16.4. The maximum atomic E-state index is 12.8. The molecule has 4 rings (SSSR count). The summed E-state index contributed by atoms with van der Waals surface area (Å²) in [6, 6.07) is 19.6. The summed E-state index contributed by atoms with van der Waals surface area (Å²) in [6.07, 6.45) is 6.45. The molecule has 0 bridgehead atoms. The van der Waals surface area contributed by atoms with Gasteiger partial charge in [-0.2, -0.15) is 5.10 Å². The number of para-hydroxylation sites is 1. The summed E-state index contributed by atoms with van der Waals surface area (Å²) in [7, 11) is 0. The molecular formula is C24H23N3O3. The van der Waals surface area contributed by atoms with Gasteiger partial charge in [-0.3, -0.25) is 9.59 Å². The summed E-state index contributed by atoms with van der Waals surface area (Å²) in [5.41, 5.74) is 3.55. The molecule has 0 unspecified atom stereocenters. The van der Waals surface area contributed by atoms with Gasteiger partial charge in [-0.15, -0.1) is 0 Å². The Kier molecular flexibility index (Phi) is 5.75. The van der Waals surface area contributed by atoms with Crippen molar-refractivity contribution in [2.24, 2.45) is 11.8 Å². The van der Waals surface area contributed by atoms with Crippen LogP contribution in [0, 0.1) is 11.8 Å². The molecular weight excluding hydrogens is 378 g/mol. The normalized spacial score (nSPS) is 18.1. The number of allylic oxidation sites excluding steroid dienone is 2. The molecule has 0 saturated carbocycles. The summed E-state index contributed by atoms with van der Waals surface area (Å²) in [4.78, 5) is 24.3. The van der Waals surface area contributed by atoms with Crippen LogP contribution in [-0.4, -0.2) is 26.8 Å². The molecule has 1 heterocycles. The van der Waals surface area contributed by atoms with Gasteiger partial charge in [0.15, 0.2) is 0 Å². The minimum atomic E-state index is -0.929. The van der Waals surface area contributed by atoms with Gasteiger partial charge >= 0.3 is 5.97 Å². The average Bonchev–Trinajstić information content (AvgIpc) is 3.23. The Morgan fingerprint density at radius 2 is 1.60 bits per heavy atom. The van der Waals surface area contributed by atoms with Crippen LogP contribution >= 0.6 is 0 Å². The quantitative estimate of drug-likeness (QED) is 0.615. The number of benzene rings is 2. The zero-order chi connectivity index (χ0) is 20.9. The van der Waals surface area contributed by atoms with Crippen molar-refractivity contribution in [2.75, 3.05) is 0 Å². The molecule has 2 N–H and O–H groups in total. The first kappa shape index (κ1) is 19.6. The van der Waals surface area contributed by atoms with Gasteiger partial charge < -0.3 is 10.4 Å². The molecule has 6 heteroatoms. The molecule has 2 aromatic carbocycles. The molecule has 1 aliphatic carbocycles. The maximum absolute atomic E-state index is 12.8. The van der Waals surface area contributed by atoms with Crippen molar-refractivity contribution >= 4 is 11.9 Å². The molecule has 2 atom stereocenters. The highest BCUT2D eigenvalue weighted by Gasteiger charge is 2.33. The van der Waals surface area contributed by atoms with Crippen LogP contribution in [-0.2, 0) is 16.1 Å². The van der Waals surface area contributed by atoms with Crippen LogP contribution in [0.5, 0.6) is 0 Å². The first-order valence-corrected chi connectivity index (χ1v) is 9.98. The number of carbonyl (C=O) groups is 2. The van der Waals surface area contributed by atoms with Crippen molar-refractivity contribution in [3.8, 4) is 16.9 Å². The molecule has 0 saturated heterocycles. The van der Waals surface area contributed by atoms with Crippen molar-refractivity contribution in [2.45, 2.75) is 19.4 Å². The van der Waals surface area contributed by atoms with Crippen molar-refractivity contribution in [3.05, 3.63) is 84.6 Å². The van der Waals surface area contributed by atoms with E-state index in [1.807, 2.05) is 79.0 Å². The topological polar surface area (TPSA) is 84.2 Å². The van der Waals surface area contributed by atoms with Crippen LogP contribution in [0.3, 0.4) is 0 Å². The largest absolute Gasteiger partial charge is 0.481 e. The standard InChI is InChI=1S/C24H23N3O3/c28-23(20-13-7-8-14-21(20)24(29)30)25-15-18-16-27(19-11-5-2-6-12-19)26-22(18)17-9-3-1-4-10-17/h1-12,16,20-21H,13-15H2,(H,25,28)(H,29,30)/t20-,21+/m1/s1. The minimum Gasteiger partial charge on any atom is -0.481 e. The Hall–Kier alpha value is -3.67. The molecule has 0 radical (unpaired) electrons. The molecule has 0 spiro atoms. The van der Waals surface area contributed by atoms with E-state index in [4.69, 9.17) is 5.10 Å². The Bertz CT molecular complexity index is 1060. The first-order valence-electron chi connectivity index (χ1n) is 9.98. The summed E-state index contributed by atoms with van der Waals surface area (Å²) in [6.45, 7) is 0.280. The minimum absolute atomic E-state index is 0.238. The van der Waals surface area contributed by atoms with E-state index in [0.717, 1.165) is 22.5 Å². The van der Waals surface area contributed by atoms with E-state index >= 15 is 0 Å². The number of carboxylic acids is 1. The van der Waals surface area contributed by atoms with Gasteiger partial charge in [0.25, 0.3) is 0 Å². The molecule has 30 heavy (non-hydrogen) atoms. The number of nitrogens with one attached hydrogen (secondary N) is 1. The van der Waals surface area contributed by atoms with Crippen LogP contribution in [0.4, 0.5) is 0 Å². The molecule has 6 nitrogen and oxygen atoms in total. The number of carbonyl (C=O) groups excluding carboxylic acids is 1. The maximum Gasteiger partial charge on any atom is 0.307 e. The number of amides is 1. The summed E-state index contributed by atoms with van der Waals surface area (Å²) >= 11 is 0. The molecule has 3 aromatic rings. The summed E-state index contributed by atoms with van der Waals surface area (Å²) in [5, 5.41) is 17.1. The number of carboxylic acid groups (broad SMARTS) is 1. The van der Waals surface area contributed by atoms with E-state index in [1.165, 1.54) is 0 Å². The fourth-order valence-corrected chi connectivity index (χ4v) is 3.78. The number of hydrogen-bond acceptors (Lipinski definition) is 3. The first-order chi connectivity index (χ1) is 14.6. The second-order valence-electron chi connectivity index (χ2n) is 7.36. The van der Waals surface area contributed by atoms with Gasteiger partial charge in [0, 0.05) is 23.9 Å². The van der Waals surface area contributed by atoms with Gasteiger partial charge in [0.1, 0.15) is 0 Å². The van der Waals surface area contributed by atoms with E-state index in [9.17, 15) is 14.7 Å². The second kappa shape index (κ2) is 8.78. The molecule has 1 amide bonds. The molecule has 0 fully saturated rings. The Morgan fingerprint density at radius 1 is 0.967 bits per heavy atom. The van der Waals surface area contributed by atoms with Gasteiger partial charge in [-0.25, -0.2) is 4.68 Å². The fraction of sp³-hybridized carbons (Fsp3) is 0.208. The van der Waals surface area contributed by atoms with Crippen LogP contribution in [0.25, 0.3) is 16.9 Å². The monoisotopic (exact) mass is 401 g/mol. The van der Waals surface area contributed by atoms with Gasteiger partial charge in [-0.1, -0.05) is 60.7 Å². The summed E-state index contributed by atoms with van der Waals surface area (Å²) < 4.78 is 1.80. The van der Waals surface area contributed by atoms with E-state index in [2.05, 4.69) is 5.32 Å². The van der Waals surface area contributed by atoms with Crippen molar-refractivity contribution < 1.29 is 14.7 Å². The molecule has 0 aliphatic heterocycles. The Balaban J connectivity index is 1.58. The van der Waals surface area contributed by atoms with Crippen molar-refractivity contribution in [1.29, 1.82) is 0 Å². The lowest BCUT2D eigenvalue weighted by Gasteiger charge is -2.24. The number of hydrogen-bond donors (Lipinski definition) is 2. The number of aliphatic carboxylic acids is 1. The van der Waals surface area contributed by atoms with Gasteiger partial charge in [-0.05, 0) is 25.0 Å². The van der Waals surface area contributed by atoms with Crippen molar-refractivity contribution in [1.82, 2.24) is 15.1 Å². The smallest absolute Gasteiger partial charge is 0.307 e. The van der Waals surface area contributed by atoms with Crippen LogP contribution in [0.2, 0.25) is 0 Å². The van der Waals surface area contributed by atoms with Crippen LogP contribution < -0.4 is 5.32 Å². The highest BCUT2D eigenvalue weighted by atomic mass is 16.4. The lowest BCUT2D eigenvalue weighted by atomic mass is 9.82. The Labute approximate surface area is 174 Å². The van der Waals surface area contributed by atoms with Crippen molar-refractivity contribution in [3.63, 3.8) is 0 Å². The second-order valence-corrected chi connectivity index (χ2v) is 7.36. The highest BCUT2D eigenvalue weighted by molar-refractivity contribution is 5.85. The van der Waals surface area contributed by atoms with E-state index in [-0.39, 0.29) is 12.5 Å². The fourth-order valence-electron chi connectivity index (χ4n) is 3.78. The lowest BCUT2D eigenvalue weighted by molar-refractivity contribution is -0.147. The van der Waals surface area contributed by atoms with E-state index < -0.39 is 17.8 Å². The van der Waals surface area contributed by atoms with Crippen LogP contribution in [0.1, 0.15) is 18.4 Å². The van der Waals surface area contributed by atoms with Gasteiger partial charge in [0.2, 0.25) is 5.91 Å². The Morgan fingerprint density at radius 3 is 2.27 bits per heavy atom. The predicted molar refractivity (Wildman–Crippen MR) is 114 cm³/mol. The molecule has 152 valence electrons. The predicted octanol–water partition coefficient (Wildman–Crippen LogP) is 3.82. The highest BCUT2D eigenvalue weighted by Crippen LogP contribution is 2.27. The average molecular weight is 401 g/mol. The molecule has 1 aromatic heterocycles. The molecule has 1 aliphatic rings. The zero-order valence-corrected chi connectivity index (χ0v) is 16.4. The number of nitrogens with zero attached hydrogens (tertiary/aromatic N) is 2. The van der Waals surface area contributed by atoms with E-state index in [1.54, 1.807) is 4.68 Å². The third-order valence-electron chi connectivity index (χ3n) is 5.40. The SMILES string of the molecule is O=C(O)[C@H]1CC=CC[C@H]1C(=O)NCc1cn(-c2ccccc2)nc1-c1ccccc1. The van der Waals surface area contributed by atoms with Gasteiger partial charge in [0.05, 0.1) is 23.2 Å². The van der Waals surface area contributed by atoms with E-state index in [0.29, 0.717) is 12.8 Å². The number of rotatable bonds is 6.